The Labute approximate surface area is 154 Å². The summed E-state index contributed by atoms with van der Waals surface area (Å²) in [5, 5.41) is 5.08. The molecule has 7 nitrogen and oxygen atoms in total. The first-order valence-corrected chi connectivity index (χ1v) is 8.93. The second kappa shape index (κ2) is 8.29. The lowest BCUT2D eigenvalue weighted by molar-refractivity contribution is -0.135. The van der Waals surface area contributed by atoms with Crippen LogP contribution in [0.5, 0.6) is 0 Å². The molecule has 2 aromatic rings. The van der Waals surface area contributed by atoms with E-state index < -0.39 is 5.97 Å². The molecule has 0 aromatic carbocycles. The van der Waals surface area contributed by atoms with Gasteiger partial charge >= 0.3 is 5.97 Å². The number of aryl methyl sites for hydroxylation is 2. The Morgan fingerprint density at radius 2 is 1.81 bits per heavy atom. The molecule has 1 amide bonds. The predicted octanol–water partition coefficient (Wildman–Crippen LogP) is 2.57. The maximum Gasteiger partial charge on any atom is 0.340 e. The van der Waals surface area contributed by atoms with E-state index in [0.717, 1.165) is 11.1 Å². The maximum absolute atomic E-state index is 12.4. The lowest BCUT2D eigenvalue weighted by Gasteiger charge is -2.26. The summed E-state index contributed by atoms with van der Waals surface area (Å²) in [6.07, 6.45) is 1.45. The van der Waals surface area contributed by atoms with E-state index in [4.69, 9.17) is 4.74 Å². The zero-order chi connectivity index (χ0) is 19.4. The zero-order valence-corrected chi connectivity index (χ0v) is 16.4. The van der Waals surface area contributed by atoms with E-state index in [1.165, 1.54) is 6.20 Å². The number of esters is 1. The van der Waals surface area contributed by atoms with Crippen LogP contribution in [0.25, 0.3) is 11.0 Å². The van der Waals surface area contributed by atoms with Crippen molar-refractivity contribution in [2.75, 3.05) is 19.7 Å². The van der Waals surface area contributed by atoms with Crippen molar-refractivity contribution in [1.29, 1.82) is 0 Å². The molecule has 2 heterocycles. The third kappa shape index (κ3) is 4.80. The average Bonchev–Trinajstić information content (AvgIpc) is 2.84. The van der Waals surface area contributed by atoms with E-state index in [1.54, 1.807) is 22.7 Å². The summed E-state index contributed by atoms with van der Waals surface area (Å²) in [7, 11) is 1.80. The first-order valence-electron chi connectivity index (χ1n) is 8.93. The second-order valence-corrected chi connectivity index (χ2v) is 7.47. The molecule has 0 aliphatic carbocycles. The molecule has 142 valence electrons. The minimum Gasteiger partial charge on any atom is -0.452 e. The molecule has 26 heavy (non-hydrogen) atoms. The number of carbonyl (C=O) groups is 2. The molecule has 0 fully saturated rings. The van der Waals surface area contributed by atoms with E-state index in [9.17, 15) is 9.59 Å². The highest BCUT2D eigenvalue weighted by molar-refractivity contribution is 5.94. The van der Waals surface area contributed by atoms with Crippen molar-refractivity contribution in [2.45, 2.75) is 34.6 Å². The second-order valence-electron chi connectivity index (χ2n) is 7.47. The number of carbonyl (C=O) groups excluding carboxylic acids is 2. The molecule has 0 atom stereocenters. The van der Waals surface area contributed by atoms with Gasteiger partial charge in [-0.3, -0.25) is 9.48 Å². The Kier molecular flexibility index (Phi) is 6.34. The van der Waals surface area contributed by atoms with Crippen LogP contribution in [0.3, 0.4) is 0 Å². The number of ether oxygens (including phenoxy) is 1. The van der Waals surface area contributed by atoms with Gasteiger partial charge in [0.2, 0.25) is 0 Å². The topological polar surface area (TPSA) is 77.3 Å². The van der Waals surface area contributed by atoms with Crippen molar-refractivity contribution in [1.82, 2.24) is 19.7 Å². The standard InChI is InChI=1S/C19H28N4O3/c1-12(2)9-23(10-13(3)4)17(24)11-26-19(25)15-7-16-14(5)21-22(6)18(16)20-8-15/h7-8,12-13H,9-11H2,1-6H3. The highest BCUT2D eigenvalue weighted by Crippen LogP contribution is 2.17. The van der Waals surface area contributed by atoms with Crippen LogP contribution in [0.4, 0.5) is 0 Å². The molecule has 0 bridgehead atoms. The molecule has 7 heteroatoms. The summed E-state index contributed by atoms with van der Waals surface area (Å²) < 4.78 is 6.90. The van der Waals surface area contributed by atoms with Gasteiger partial charge in [0.25, 0.3) is 5.91 Å². The summed E-state index contributed by atoms with van der Waals surface area (Å²) in [5.74, 6) is -0.0143. The molecule has 2 aromatic heterocycles. The molecule has 0 saturated carbocycles. The van der Waals surface area contributed by atoms with Gasteiger partial charge < -0.3 is 9.64 Å². The van der Waals surface area contributed by atoms with Crippen LogP contribution in [0, 0.1) is 18.8 Å². The third-order valence-corrected chi connectivity index (χ3v) is 3.95. The maximum atomic E-state index is 12.4. The van der Waals surface area contributed by atoms with Crippen LogP contribution in [0.15, 0.2) is 12.3 Å². The molecule has 0 N–H and O–H groups in total. The Hall–Kier alpha value is -2.44. The van der Waals surface area contributed by atoms with E-state index in [0.29, 0.717) is 36.1 Å². The molecule has 0 radical (unpaired) electrons. The first-order chi connectivity index (χ1) is 12.2. The number of aromatic nitrogens is 3. The van der Waals surface area contributed by atoms with Gasteiger partial charge in [-0.05, 0) is 24.8 Å². The van der Waals surface area contributed by atoms with Crippen LogP contribution in [-0.4, -0.2) is 51.2 Å². The van der Waals surface area contributed by atoms with Gasteiger partial charge in [-0.2, -0.15) is 5.10 Å². The summed E-state index contributed by atoms with van der Waals surface area (Å²) >= 11 is 0. The number of fused-ring (bicyclic) bond motifs is 1. The SMILES string of the molecule is Cc1nn(C)c2ncc(C(=O)OCC(=O)N(CC(C)C)CC(C)C)cc12. The summed E-state index contributed by atoms with van der Waals surface area (Å²) in [6, 6.07) is 1.71. The monoisotopic (exact) mass is 360 g/mol. The number of hydrogen-bond donors (Lipinski definition) is 0. The molecular formula is C19H28N4O3. The normalized spacial score (nSPS) is 11.4. The van der Waals surface area contributed by atoms with Crippen molar-refractivity contribution >= 4 is 22.9 Å². The fourth-order valence-electron chi connectivity index (χ4n) is 2.88. The van der Waals surface area contributed by atoms with Gasteiger partial charge in [-0.25, -0.2) is 9.78 Å². The first kappa shape index (κ1) is 19.9. The number of rotatable bonds is 7. The number of pyridine rings is 1. The Bertz CT molecular complexity index is 785. The van der Waals surface area contributed by atoms with E-state index in [-0.39, 0.29) is 12.5 Å². The predicted molar refractivity (Wildman–Crippen MR) is 99.8 cm³/mol. The Morgan fingerprint density at radius 3 is 2.38 bits per heavy atom. The number of nitrogens with zero attached hydrogens (tertiary/aromatic N) is 4. The van der Waals surface area contributed by atoms with Gasteiger partial charge in [0.05, 0.1) is 11.3 Å². The molecule has 0 spiro atoms. The van der Waals surface area contributed by atoms with Crippen molar-refractivity contribution in [3.8, 4) is 0 Å². The van der Waals surface area contributed by atoms with Crippen molar-refractivity contribution in [3.05, 3.63) is 23.5 Å². The van der Waals surface area contributed by atoms with Gasteiger partial charge in [-0.15, -0.1) is 0 Å². The molecule has 0 saturated heterocycles. The van der Waals surface area contributed by atoms with Crippen molar-refractivity contribution in [2.24, 2.45) is 18.9 Å². The Morgan fingerprint density at radius 1 is 1.19 bits per heavy atom. The number of hydrogen-bond acceptors (Lipinski definition) is 5. The zero-order valence-electron chi connectivity index (χ0n) is 16.4. The summed E-state index contributed by atoms with van der Waals surface area (Å²) in [4.78, 5) is 30.8. The lowest BCUT2D eigenvalue weighted by atomic mass is 10.1. The summed E-state index contributed by atoms with van der Waals surface area (Å²) in [5.41, 5.74) is 1.82. The third-order valence-electron chi connectivity index (χ3n) is 3.95. The highest BCUT2D eigenvalue weighted by Gasteiger charge is 2.19. The van der Waals surface area contributed by atoms with Crippen LogP contribution in [-0.2, 0) is 16.6 Å². The lowest BCUT2D eigenvalue weighted by Crippen LogP contribution is -2.39. The molecule has 0 aliphatic rings. The van der Waals surface area contributed by atoms with Crippen molar-refractivity contribution < 1.29 is 14.3 Å². The van der Waals surface area contributed by atoms with E-state index in [2.05, 4.69) is 37.8 Å². The highest BCUT2D eigenvalue weighted by atomic mass is 16.5. The largest absolute Gasteiger partial charge is 0.452 e. The summed E-state index contributed by atoms with van der Waals surface area (Å²) in [6.45, 7) is 11.1. The van der Waals surface area contributed by atoms with Gasteiger partial charge in [-0.1, -0.05) is 27.7 Å². The minimum absolute atomic E-state index is 0.174. The number of amides is 1. The fraction of sp³-hybridized carbons (Fsp3) is 0.579. The van der Waals surface area contributed by atoms with Crippen LogP contribution < -0.4 is 0 Å². The van der Waals surface area contributed by atoms with E-state index >= 15 is 0 Å². The van der Waals surface area contributed by atoms with Gasteiger partial charge in [0.15, 0.2) is 12.3 Å². The van der Waals surface area contributed by atoms with E-state index in [1.807, 2.05) is 6.92 Å². The molecular weight excluding hydrogens is 332 g/mol. The van der Waals surface area contributed by atoms with Crippen LogP contribution in [0.2, 0.25) is 0 Å². The van der Waals surface area contributed by atoms with Gasteiger partial charge in [0, 0.05) is 31.7 Å². The van der Waals surface area contributed by atoms with Crippen molar-refractivity contribution in [3.63, 3.8) is 0 Å². The molecule has 2 rings (SSSR count). The Balaban J connectivity index is 2.04. The average molecular weight is 360 g/mol. The quantitative estimate of drug-likeness (QED) is 0.709. The minimum atomic E-state index is -0.551. The molecule has 0 unspecified atom stereocenters. The molecule has 0 aliphatic heterocycles. The fourth-order valence-corrected chi connectivity index (χ4v) is 2.88. The van der Waals surface area contributed by atoms with Crippen LogP contribution in [0.1, 0.15) is 43.7 Å². The van der Waals surface area contributed by atoms with Gasteiger partial charge in [0.1, 0.15) is 0 Å². The smallest absolute Gasteiger partial charge is 0.340 e. The van der Waals surface area contributed by atoms with Crippen LogP contribution >= 0.6 is 0 Å².